The van der Waals surface area contributed by atoms with Gasteiger partial charge in [0.2, 0.25) is 11.8 Å². The summed E-state index contributed by atoms with van der Waals surface area (Å²) in [6.07, 6.45) is 1.05. The van der Waals surface area contributed by atoms with Crippen LogP contribution in [-0.4, -0.2) is 30.4 Å². The van der Waals surface area contributed by atoms with Crippen LogP contribution in [0.2, 0.25) is 0 Å². The fourth-order valence-electron chi connectivity index (χ4n) is 2.23. The molecule has 1 aliphatic rings. The number of methoxy groups -OCH3 is 1. The highest BCUT2D eigenvalue weighted by molar-refractivity contribution is 6.13. The molecule has 2 rings (SSSR count). The topological polar surface area (TPSA) is 84.5 Å². The Morgan fingerprint density at radius 2 is 1.78 bits per heavy atom. The van der Waals surface area contributed by atoms with Crippen molar-refractivity contribution in [3.63, 3.8) is 0 Å². The van der Waals surface area contributed by atoms with Crippen LogP contribution in [0, 0.1) is 5.41 Å². The van der Waals surface area contributed by atoms with Crippen LogP contribution in [0.1, 0.15) is 44.0 Å². The third-order valence-corrected chi connectivity index (χ3v) is 3.65. The van der Waals surface area contributed by atoms with Gasteiger partial charge in [-0.1, -0.05) is 6.07 Å². The fraction of sp³-hybridized carbons (Fsp3) is 0.471. The summed E-state index contributed by atoms with van der Waals surface area (Å²) in [7, 11) is 1.30. The first-order chi connectivity index (χ1) is 10.7. The third kappa shape index (κ3) is 3.88. The van der Waals surface area contributed by atoms with Crippen molar-refractivity contribution in [2.75, 3.05) is 12.4 Å². The van der Waals surface area contributed by atoms with Crippen molar-refractivity contribution >= 4 is 23.5 Å². The molecule has 0 heterocycles. The molecule has 1 aromatic carbocycles. The maximum Gasteiger partial charge on any atom is 0.337 e. The van der Waals surface area contributed by atoms with E-state index in [9.17, 15) is 14.4 Å². The van der Waals surface area contributed by atoms with Gasteiger partial charge in [-0.2, -0.15) is 0 Å². The highest BCUT2D eigenvalue weighted by atomic mass is 16.5. The highest BCUT2D eigenvalue weighted by Crippen LogP contribution is 2.47. The van der Waals surface area contributed by atoms with Crippen molar-refractivity contribution in [3.8, 4) is 0 Å². The zero-order chi connectivity index (χ0) is 17.3. The molecule has 1 saturated carbocycles. The zero-order valence-corrected chi connectivity index (χ0v) is 13.9. The van der Waals surface area contributed by atoms with E-state index in [-0.39, 0.29) is 11.8 Å². The SMILES string of the molecule is COC(=O)c1cccc(NC(=O)C2(C(=O)NC(C)(C)C)CC2)c1. The van der Waals surface area contributed by atoms with E-state index in [4.69, 9.17) is 0 Å². The molecule has 1 aliphatic carbocycles. The van der Waals surface area contributed by atoms with Crippen molar-refractivity contribution in [1.82, 2.24) is 5.32 Å². The predicted molar refractivity (Wildman–Crippen MR) is 86.0 cm³/mol. The van der Waals surface area contributed by atoms with Gasteiger partial charge in [0.05, 0.1) is 12.7 Å². The van der Waals surface area contributed by atoms with Gasteiger partial charge in [0.1, 0.15) is 5.41 Å². The molecule has 1 aromatic rings. The molecule has 0 spiro atoms. The molecular formula is C17H22N2O4. The molecule has 6 heteroatoms. The number of ether oxygens (including phenoxy) is 1. The van der Waals surface area contributed by atoms with Crippen LogP contribution in [0.15, 0.2) is 24.3 Å². The van der Waals surface area contributed by atoms with Crippen LogP contribution in [0.25, 0.3) is 0 Å². The average molecular weight is 318 g/mol. The molecule has 0 aliphatic heterocycles. The number of esters is 1. The Morgan fingerprint density at radius 1 is 1.13 bits per heavy atom. The monoisotopic (exact) mass is 318 g/mol. The molecule has 6 nitrogen and oxygen atoms in total. The van der Waals surface area contributed by atoms with E-state index in [2.05, 4.69) is 15.4 Å². The third-order valence-electron chi connectivity index (χ3n) is 3.65. The predicted octanol–water partition coefficient (Wildman–Crippen LogP) is 2.11. The minimum Gasteiger partial charge on any atom is -0.465 e. The Hall–Kier alpha value is -2.37. The minimum absolute atomic E-state index is 0.258. The average Bonchev–Trinajstić information content (AvgIpc) is 3.26. The van der Waals surface area contributed by atoms with Crippen LogP contribution in [-0.2, 0) is 14.3 Å². The molecule has 0 aromatic heterocycles. The fourth-order valence-corrected chi connectivity index (χ4v) is 2.23. The lowest BCUT2D eigenvalue weighted by Crippen LogP contribution is -2.48. The Kier molecular flexibility index (Phi) is 4.45. The number of hydrogen-bond donors (Lipinski definition) is 2. The Bertz CT molecular complexity index is 642. The van der Waals surface area contributed by atoms with Gasteiger partial charge in [0, 0.05) is 11.2 Å². The standard InChI is InChI=1S/C17H22N2O4/c1-16(2,3)19-15(22)17(8-9-17)14(21)18-12-7-5-6-11(10-12)13(20)23-4/h5-7,10H,8-9H2,1-4H3,(H,18,21)(H,19,22). The van der Waals surface area contributed by atoms with Crippen LogP contribution in [0.3, 0.4) is 0 Å². The van der Waals surface area contributed by atoms with Crippen LogP contribution in [0.5, 0.6) is 0 Å². The van der Waals surface area contributed by atoms with E-state index in [0.717, 1.165) is 0 Å². The van der Waals surface area contributed by atoms with Gasteiger partial charge in [-0.15, -0.1) is 0 Å². The molecule has 1 fully saturated rings. The number of carbonyl (C=O) groups is 3. The molecule has 0 saturated heterocycles. The quantitative estimate of drug-likeness (QED) is 0.658. The largest absolute Gasteiger partial charge is 0.465 e. The summed E-state index contributed by atoms with van der Waals surface area (Å²) in [4.78, 5) is 36.4. The van der Waals surface area contributed by atoms with E-state index in [1.165, 1.54) is 13.2 Å². The molecule has 124 valence electrons. The molecule has 0 radical (unpaired) electrons. The summed E-state index contributed by atoms with van der Waals surface area (Å²) in [5.74, 6) is -1.08. The molecule has 0 atom stereocenters. The number of anilines is 1. The van der Waals surface area contributed by atoms with Crippen molar-refractivity contribution in [2.45, 2.75) is 39.2 Å². The highest BCUT2D eigenvalue weighted by Gasteiger charge is 2.57. The number of hydrogen-bond acceptors (Lipinski definition) is 4. The normalized spacial score (nSPS) is 15.5. The maximum atomic E-state index is 12.5. The van der Waals surface area contributed by atoms with E-state index in [0.29, 0.717) is 24.1 Å². The van der Waals surface area contributed by atoms with Crippen LogP contribution < -0.4 is 10.6 Å². The second-order valence-electron chi connectivity index (χ2n) is 6.81. The lowest BCUT2D eigenvalue weighted by molar-refractivity contribution is -0.135. The van der Waals surface area contributed by atoms with Gasteiger partial charge in [-0.3, -0.25) is 9.59 Å². The molecule has 2 amide bonds. The Balaban J connectivity index is 2.10. The number of rotatable bonds is 4. The number of carbonyl (C=O) groups excluding carboxylic acids is 3. The first-order valence-corrected chi connectivity index (χ1v) is 7.50. The number of nitrogens with one attached hydrogen (secondary N) is 2. The second kappa shape index (κ2) is 6.02. The smallest absolute Gasteiger partial charge is 0.337 e. The van der Waals surface area contributed by atoms with Crippen LogP contribution in [0.4, 0.5) is 5.69 Å². The van der Waals surface area contributed by atoms with Gasteiger partial charge in [-0.25, -0.2) is 4.79 Å². The van der Waals surface area contributed by atoms with E-state index in [1.807, 2.05) is 20.8 Å². The second-order valence-corrected chi connectivity index (χ2v) is 6.81. The molecule has 0 unspecified atom stereocenters. The van der Waals surface area contributed by atoms with Crippen molar-refractivity contribution in [3.05, 3.63) is 29.8 Å². The van der Waals surface area contributed by atoms with Gasteiger partial charge < -0.3 is 15.4 Å². The van der Waals surface area contributed by atoms with Gasteiger partial charge in [-0.05, 0) is 51.8 Å². The van der Waals surface area contributed by atoms with Gasteiger partial charge in [0.25, 0.3) is 0 Å². The number of amides is 2. The van der Waals surface area contributed by atoms with Crippen LogP contribution >= 0.6 is 0 Å². The summed E-state index contributed by atoms with van der Waals surface area (Å²) in [6.45, 7) is 5.62. The first-order valence-electron chi connectivity index (χ1n) is 7.50. The van der Waals surface area contributed by atoms with E-state index < -0.39 is 16.9 Å². The Labute approximate surface area is 135 Å². The van der Waals surface area contributed by atoms with Gasteiger partial charge in [0.15, 0.2) is 0 Å². The summed E-state index contributed by atoms with van der Waals surface area (Å²) in [5.41, 5.74) is -0.589. The van der Waals surface area contributed by atoms with E-state index >= 15 is 0 Å². The molecule has 2 N–H and O–H groups in total. The van der Waals surface area contributed by atoms with Gasteiger partial charge >= 0.3 is 5.97 Å². The number of benzene rings is 1. The summed E-state index contributed by atoms with van der Waals surface area (Å²) < 4.78 is 4.65. The maximum absolute atomic E-state index is 12.5. The first kappa shape index (κ1) is 17.0. The Morgan fingerprint density at radius 3 is 2.30 bits per heavy atom. The minimum atomic E-state index is -1.01. The zero-order valence-electron chi connectivity index (χ0n) is 13.9. The molecular weight excluding hydrogens is 296 g/mol. The summed E-state index contributed by atoms with van der Waals surface area (Å²) in [5, 5.41) is 5.58. The summed E-state index contributed by atoms with van der Waals surface area (Å²) >= 11 is 0. The molecule has 0 bridgehead atoms. The van der Waals surface area contributed by atoms with Crippen molar-refractivity contribution in [1.29, 1.82) is 0 Å². The van der Waals surface area contributed by atoms with E-state index in [1.54, 1.807) is 18.2 Å². The summed E-state index contributed by atoms with van der Waals surface area (Å²) in [6, 6.07) is 6.45. The lowest BCUT2D eigenvalue weighted by Gasteiger charge is -2.24. The molecule has 23 heavy (non-hydrogen) atoms. The van der Waals surface area contributed by atoms with Crippen molar-refractivity contribution < 1.29 is 19.1 Å². The lowest BCUT2D eigenvalue weighted by atomic mass is 10.0. The van der Waals surface area contributed by atoms with Crippen molar-refractivity contribution in [2.24, 2.45) is 5.41 Å².